The van der Waals surface area contributed by atoms with E-state index in [1.807, 2.05) is 0 Å². The van der Waals surface area contributed by atoms with E-state index in [0.717, 1.165) is 18.2 Å². The van der Waals surface area contributed by atoms with Crippen molar-refractivity contribution in [3.63, 3.8) is 0 Å². The third kappa shape index (κ3) is 5.10. The molecule has 3 N–H and O–H groups in total. The van der Waals surface area contributed by atoms with Crippen LogP contribution in [0.2, 0.25) is 0 Å². The Bertz CT molecular complexity index is 1180. The molecule has 0 aliphatic rings. The molecule has 3 aromatic rings. The fourth-order valence-electron chi connectivity index (χ4n) is 2.85. The Kier molecular flexibility index (Phi) is 6.02. The molecule has 3 rings (SSSR count). The number of benzene rings is 2. The van der Waals surface area contributed by atoms with E-state index in [2.05, 4.69) is 0 Å². The molecule has 0 unspecified atom stereocenters. The van der Waals surface area contributed by atoms with E-state index >= 15 is 0 Å². The molecule has 0 bridgehead atoms. The van der Waals surface area contributed by atoms with Crippen molar-refractivity contribution in [1.82, 2.24) is 4.98 Å². The van der Waals surface area contributed by atoms with Gasteiger partial charge in [0, 0.05) is 5.56 Å². The molecule has 11 heteroatoms. The van der Waals surface area contributed by atoms with Crippen molar-refractivity contribution in [2.45, 2.75) is 19.0 Å². The van der Waals surface area contributed by atoms with E-state index in [0.29, 0.717) is 5.56 Å². The highest BCUT2D eigenvalue weighted by atomic mass is 19.4. The van der Waals surface area contributed by atoms with Crippen molar-refractivity contribution in [3.05, 3.63) is 87.3 Å². The summed E-state index contributed by atoms with van der Waals surface area (Å²) in [5.41, 5.74) is 1.04. The molecule has 0 fully saturated rings. The molecule has 0 saturated carbocycles. The molecule has 0 atom stereocenters. The monoisotopic (exact) mass is 456 g/mol. The maximum absolute atomic E-state index is 13.4. The summed E-state index contributed by atoms with van der Waals surface area (Å²) in [6, 6.07) is 10.3. The van der Waals surface area contributed by atoms with Crippen molar-refractivity contribution in [1.29, 1.82) is 0 Å². The summed E-state index contributed by atoms with van der Waals surface area (Å²) in [4.78, 5) is 24.7. The second kappa shape index (κ2) is 8.40. The van der Waals surface area contributed by atoms with E-state index in [1.54, 1.807) is 4.98 Å². The zero-order valence-corrected chi connectivity index (χ0v) is 16.0. The van der Waals surface area contributed by atoms with Gasteiger partial charge in [0.2, 0.25) is 0 Å². The van der Waals surface area contributed by atoms with Gasteiger partial charge in [-0.15, -0.1) is 0 Å². The van der Waals surface area contributed by atoms with Gasteiger partial charge in [0.05, 0.1) is 5.56 Å². The van der Waals surface area contributed by atoms with E-state index < -0.39 is 46.2 Å². The molecule has 0 aliphatic carbocycles. The van der Waals surface area contributed by atoms with Gasteiger partial charge >= 0.3 is 12.4 Å². The van der Waals surface area contributed by atoms with Gasteiger partial charge in [-0.2, -0.15) is 26.3 Å². The molecule has 0 aliphatic heterocycles. The summed E-state index contributed by atoms with van der Waals surface area (Å²) in [5.74, 6) is -0.945. The quantitative estimate of drug-likeness (QED) is 0.543. The smallest absolute Gasteiger partial charge is 0.431 e. The minimum absolute atomic E-state index is 0.0259. The van der Waals surface area contributed by atoms with Crippen LogP contribution in [-0.4, -0.2) is 10.9 Å². The molecule has 168 valence electrons. The number of hydrogen-bond acceptors (Lipinski definition) is 3. The number of ether oxygens (including phenoxy) is 1. The number of nitrogens with two attached hydrogens (primary N) is 1. The van der Waals surface area contributed by atoms with Gasteiger partial charge < -0.3 is 15.5 Å². The molecule has 1 amide bonds. The largest absolute Gasteiger partial charge is 0.489 e. The fraction of sp³-hybridized carbons (Fsp3) is 0.143. The van der Waals surface area contributed by atoms with Gasteiger partial charge in [-0.25, -0.2) is 0 Å². The molecule has 5 nitrogen and oxygen atoms in total. The minimum Gasteiger partial charge on any atom is -0.489 e. The zero-order valence-electron chi connectivity index (χ0n) is 16.0. The third-order valence-corrected chi connectivity index (χ3v) is 4.44. The van der Waals surface area contributed by atoms with Gasteiger partial charge in [-0.05, 0) is 41.5 Å². The number of nitrogens with one attached hydrogen (secondary N) is 1. The van der Waals surface area contributed by atoms with Crippen LogP contribution in [0, 0.1) is 0 Å². The topological polar surface area (TPSA) is 85.2 Å². The van der Waals surface area contributed by atoms with Gasteiger partial charge in [0.1, 0.15) is 23.6 Å². The standard InChI is InChI=1S/C21H14F6N2O3/c22-20(23,24)13-5-1-11(2-6-13)10-32-14-7-3-12(4-8-14)15-9-16(18(28)30)19(31)29-17(15)21(25,26)27/h1-9H,10H2,(H2,28,30)(H,29,31). The van der Waals surface area contributed by atoms with Gasteiger partial charge in [-0.3, -0.25) is 9.59 Å². The third-order valence-electron chi connectivity index (χ3n) is 4.44. The summed E-state index contributed by atoms with van der Waals surface area (Å²) >= 11 is 0. The van der Waals surface area contributed by atoms with Crippen LogP contribution >= 0.6 is 0 Å². The number of carbonyl (C=O) groups excluding carboxylic acids is 1. The Balaban J connectivity index is 1.83. The normalized spacial score (nSPS) is 11.9. The first kappa shape index (κ1) is 22.9. The number of H-pyrrole nitrogens is 1. The van der Waals surface area contributed by atoms with E-state index in [4.69, 9.17) is 10.5 Å². The fourth-order valence-corrected chi connectivity index (χ4v) is 2.85. The number of aromatic amines is 1. The number of halogens is 6. The summed E-state index contributed by atoms with van der Waals surface area (Å²) in [5, 5.41) is 0. The predicted octanol–water partition coefficient (Wildman–Crippen LogP) is 4.76. The van der Waals surface area contributed by atoms with Crippen LogP contribution in [0.5, 0.6) is 5.75 Å². The summed E-state index contributed by atoms with van der Waals surface area (Å²) in [6.45, 7) is -0.0736. The molecular formula is C21H14F6N2O3. The Hall–Kier alpha value is -3.76. The SMILES string of the molecule is NC(=O)c1cc(-c2ccc(OCc3ccc(C(F)(F)F)cc3)cc2)c(C(F)(F)F)[nH]c1=O. The van der Waals surface area contributed by atoms with Crippen molar-refractivity contribution in [2.75, 3.05) is 0 Å². The van der Waals surface area contributed by atoms with Crippen molar-refractivity contribution in [3.8, 4) is 16.9 Å². The Morgan fingerprint density at radius 2 is 1.50 bits per heavy atom. The predicted molar refractivity (Wildman–Crippen MR) is 102 cm³/mol. The number of hydrogen-bond donors (Lipinski definition) is 2. The Morgan fingerprint density at radius 3 is 2.00 bits per heavy atom. The maximum Gasteiger partial charge on any atom is 0.431 e. The van der Waals surface area contributed by atoms with Crippen molar-refractivity contribution >= 4 is 5.91 Å². The molecule has 0 spiro atoms. The molecule has 1 aromatic heterocycles. The first-order valence-corrected chi connectivity index (χ1v) is 8.90. The molecule has 0 saturated heterocycles. The highest BCUT2D eigenvalue weighted by molar-refractivity contribution is 5.94. The average Bonchev–Trinajstić information content (AvgIpc) is 2.71. The van der Waals surface area contributed by atoms with Crippen LogP contribution in [0.3, 0.4) is 0 Å². The zero-order chi connectivity index (χ0) is 23.7. The van der Waals surface area contributed by atoms with Crippen molar-refractivity contribution in [2.24, 2.45) is 5.73 Å². The first-order valence-electron chi connectivity index (χ1n) is 8.90. The van der Waals surface area contributed by atoms with Crippen LogP contribution in [0.4, 0.5) is 26.3 Å². The molecule has 1 heterocycles. The Labute approximate surface area is 176 Å². The van der Waals surface area contributed by atoms with Gasteiger partial charge in [0.15, 0.2) is 0 Å². The average molecular weight is 456 g/mol. The van der Waals surface area contributed by atoms with Crippen LogP contribution in [0.1, 0.15) is 27.2 Å². The lowest BCUT2D eigenvalue weighted by Gasteiger charge is -2.14. The highest BCUT2D eigenvalue weighted by Gasteiger charge is 2.36. The van der Waals surface area contributed by atoms with E-state index in [1.165, 1.54) is 36.4 Å². The minimum atomic E-state index is -4.90. The number of primary amides is 1. The number of rotatable bonds is 5. The molecule has 0 radical (unpaired) electrons. The van der Waals surface area contributed by atoms with Crippen LogP contribution in [0.15, 0.2) is 59.4 Å². The number of amides is 1. The van der Waals surface area contributed by atoms with Crippen molar-refractivity contribution < 1.29 is 35.9 Å². The second-order valence-electron chi connectivity index (χ2n) is 6.67. The van der Waals surface area contributed by atoms with E-state index in [9.17, 15) is 35.9 Å². The van der Waals surface area contributed by atoms with Gasteiger partial charge in [0.25, 0.3) is 11.5 Å². The van der Waals surface area contributed by atoms with Gasteiger partial charge in [-0.1, -0.05) is 24.3 Å². The summed E-state index contributed by atoms with van der Waals surface area (Å²) in [6.07, 6.45) is -9.36. The number of aromatic nitrogens is 1. The lowest BCUT2D eigenvalue weighted by atomic mass is 10.0. The molecule has 32 heavy (non-hydrogen) atoms. The molecular weight excluding hydrogens is 442 g/mol. The maximum atomic E-state index is 13.4. The van der Waals surface area contributed by atoms with Crippen LogP contribution in [0.25, 0.3) is 11.1 Å². The summed E-state index contributed by atoms with van der Waals surface area (Å²) in [7, 11) is 0. The first-order chi connectivity index (χ1) is 14.9. The number of alkyl halides is 6. The molecule has 2 aromatic carbocycles. The lowest BCUT2D eigenvalue weighted by molar-refractivity contribution is -0.141. The Morgan fingerprint density at radius 1 is 0.906 bits per heavy atom. The van der Waals surface area contributed by atoms with Crippen LogP contribution < -0.4 is 16.0 Å². The number of pyridine rings is 1. The second-order valence-corrected chi connectivity index (χ2v) is 6.67. The number of carbonyl (C=O) groups is 1. The van der Waals surface area contributed by atoms with E-state index in [-0.39, 0.29) is 17.9 Å². The lowest BCUT2D eigenvalue weighted by Crippen LogP contribution is -2.27. The van der Waals surface area contributed by atoms with Crippen LogP contribution in [-0.2, 0) is 19.0 Å². The highest BCUT2D eigenvalue weighted by Crippen LogP contribution is 2.36. The summed E-state index contributed by atoms with van der Waals surface area (Å²) < 4.78 is 83.3.